The zero-order valence-electron chi connectivity index (χ0n) is 7.67. The first-order valence-corrected chi connectivity index (χ1v) is 4.42. The zero-order valence-corrected chi connectivity index (χ0v) is 7.67. The second-order valence-electron chi connectivity index (χ2n) is 2.86. The summed E-state index contributed by atoms with van der Waals surface area (Å²) in [7, 11) is 0. The molecule has 66 valence electrons. The predicted octanol–water partition coefficient (Wildman–Crippen LogP) is 0.948. The highest BCUT2D eigenvalue weighted by molar-refractivity contribution is 5.36. The van der Waals surface area contributed by atoms with Gasteiger partial charge < -0.3 is 10.0 Å². The third-order valence-electron chi connectivity index (χ3n) is 2.11. The third-order valence-corrected chi connectivity index (χ3v) is 2.11. The van der Waals surface area contributed by atoms with Crippen molar-refractivity contribution >= 4 is 5.69 Å². The lowest BCUT2D eigenvalue weighted by molar-refractivity contribution is -0.828. The third kappa shape index (κ3) is 1.98. The molecule has 12 heavy (non-hydrogen) atoms. The van der Waals surface area contributed by atoms with Gasteiger partial charge in [-0.25, -0.2) is 0 Å². The topological polar surface area (TPSA) is 24.7 Å². The largest absolute Gasteiger partial charge is 0.508 e. The molecule has 0 heterocycles. The molecule has 1 aromatic rings. The molecule has 0 saturated carbocycles. The minimum Gasteiger partial charge on any atom is -0.508 e. The van der Waals surface area contributed by atoms with Gasteiger partial charge in [0.15, 0.2) is 0 Å². The van der Waals surface area contributed by atoms with E-state index in [9.17, 15) is 5.11 Å². The van der Waals surface area contributed by atoms with E-state index >= 15 is 0 Å². The Morgan fingerprint density at radius 1 is 1.25 bits per heavy atom. The molecule has 2 nitrogen and oxygen atoms in total. The van der Waals surface area contributed by atoms with E-state index in [1.54, 1.807) is 6.07 Å². The predicted molar refractivity (Wildman–Crippen MR) is 49.8 cm³/mol. The van der Waals surface area contributed by atoms with Crippen molar-refractivity contribution in [2.24, 2.45) is 0 Å². The van der Waals surface area contributed by atoms with Gasteiger partial charge in [-0.05, 0) is 26.0 Å². The van der Waals surface area contributed by atoms with E-state index in [-0.39, 0.29) is 0 Å². The Bertz CT molecular complexity index is 243. The Labute approximate surface area is 73.4 Å². The molecule has 2 N–H and O–H groups in total. The molecule has 0 aliphatic carbocycles. The normalized spacial score (nSPS) is 10.6. The molecule has 0 atom stereocenters. The first-order chi connectivity index (χ1) is 5.77. The van der Waals surface area contributed by atoms with Crippen LogP contribution in [0.2, 0.25) is 0 Å². The van der Waals surface area contributed by atoms with Gasteiger partial charge in [0.05, 0.1) is 13.1 Å². The lowest BCUT2D eigenvalue weighted by atomic mass is 10.2. The number of phenolic OH excluding ortho intramolecular Hbond substituents is 1. The van der Waals surface area contributed by atoms with E-state index in [0.29, 0.717) is 5.75 Å². The summed E-state index contributed by atoms with van der Waals surface area (Å²) in [5.41, 5.74) is 1.17. The molecule has 0 bridgehead atoms. The van der Waals surface area contributed by atoms with E-state index in [0.717, 1.165) is 13.1 Å². The number of rotatable bonds is 3. The van der Waals surface area contributed by atoms with Gasteiger partial charge in [0.1, 0.15) is 11.4 Å². The highest BCUT2D eigenvalue weighted by atomic mass is 16.3. The van der Waals surface area contributed by atoms with Crippen LogP contribution >= 0.6 is 0 Å². The van der Waals surface area contributed by atoms with Gasteiger partial charge in [0.25, 0.3) is 0 Å². The molecular weight excluding hydrogens is 150 g/mol. The summed E-state index contributed by atoms with van der Waals surface area (Å²) >= 11 is 0. The van der Waals surface area contributed by atoms with Crippen LogP contribution in [0.5, 0.6) is 5.75 Å². The summed E-state index contributed by atoms with van der Waals surface area (Å²) in [6.45, 7) is 6.39. The summed E-state index contributed by atoms with van der Waals surface area (Å²) in [4.78, 5) is 1.39. The van der Waals surface area contributed by atoms with Crippen molar-refractivity contribution in [3.05, 3.63) is 24.3 Å². The number of hydrogen-bond acceptors (Lipinski definition) is 1. The van der Waals surface area contributed by atoms with E-state index in [2.05, 4.69) is 13.8 Å². The van der Waals surface area contributed by atoms with E-state index in [4.69, 9.17) is 0 Å². The molecule has 0 saturated heterocycles. The number of benzene rings is 1. The molecule has 1 rings (SSSR count). The van der Waals surface area contributed by atoms with Crippen LogP contribution in [0.25, 0.3) is 0 Å². The van der Waals surface area contributed by atoms with Crippen LogP contribution in [0.15, 0.2) is 24.3 Å². The van der Waals surface area contributed by atoms with Crippen molar-refractivity contribution in [2.75, 3.05) is 13.1 Å². The van der Waals surface area contributed by atoms with Crippen LogP contribution in [-0.4, -0.2) is 18.2 Å². The standard InChI is InChI=1S/C10H15NO/c1-3-11(4-2)9-6-5-7-10(12)8-9/h5-8,12H,3-4H2,1-2H3/p+1. The summed E-state index contributed by atoms with van der Waals surface area (Å²) < 4.78 is 0. The number of quaternary nitrogens is 1. The monoisotopic (exact) mass is 166 g/mol. The molecule has 2 heteroatoms. The molecule has 1 aromatic carbocycles. The van der Waals surface area contributed by atoms with Gasteiger partial charge in [-0.1, -0.05) is 6.07 Å². The minimum atomic E-state index is 0.354. The first-order valence-electron chi connectivity index (χ1n) is 4.42. The smallest absolute Gasteiger partial charge is 0.134 e. The van der Waals surface area contributed by atoms with E-state index < -0.39 is 0 Å². The average Bonchev–Trinajstić information content (AvgIpc) is 2.07. The van der Waals surface area contributed by atoms with Gasteiger partial charge in [-0.3, -0.25) is 0 Å². The van der Waals surface area contributed by atoms with Gasteiger partial charge in [-0.2, -0.15) is 0 Å². The zero-order chi connectivity index (χ0) is 8.97. The molecule has 0 radical (unpaired) electrons. The van der Waals surface area contributed by atoms with Gasteiger partial charge in [0.2, 0.25) is 0 Å². The number of nitrogens with one attached hydrogen (secondary N) is 1. The Morgan fingerprint density at radius 2 is 1.92 bits per heavy atom. The van der Waals surface area contributed by atoms with Crippen LogP contribution < -0.4 is 4.90 Å². The highest BCUT2D eigenvalue weighted by Crippen LogP contribution is 2.11. The Hall–Kier alpha value is -1.02. The van der Waals surface area contributed by atoms with Crippen LogP contribution in [0.3, 0.4) is 0 Å². The molecule has 0 aliphatic heterocycles. The molecule has 0 amide bonds. The van der Waals surface area contributed by atoms with Crippen molar-refractivity contribution in [1.29, 1.82) is 0 Å². The Morgan fingerprint density at radius 3 is 2.42 bits per heavy atom. The van der Waals surface area contributed by atoms with Crippen LogP contribution in [-0.2, 0) is 0 Å². The van der Waals surface area contributed by atoms with Gasteiger partial charge >= 0.3 is 0 Å². The molecule has 0 aromatic heterocycles. The van der Waals surface area contributed by atoms with Crippen molar-refractivity contribution in [3.63, 3.8) is 0 Å². The van der Waals surface area contributed by atoms with Crippen molar-refractivity contribution < 1.29 is 10.0 Å². The minimum absolute atomic E-state index is 0.354. The lowest BCUT2D eigenvalue weighted by Crippen LogP contribution is -3.06. The molecule has 0 fully saturated rings. The Balaban J connectivity index is 2.85. The molecule has 0 spiro atoms. The summed E-state index contributed by atoms with van der Waals surface area (Å²) in [5, 5.41) is 9.24. The van der Waals surface area contributed by atoms with Crippen LogP contribution in [0.4, 0.5) is 5.69 Å². The summed E-state index contributed by atoms with van der Waals surface area (Å²) in [5.74, 6) is 0.354. The fraction of sp³-hybridized carbons (Fsp3) is 0.400. The Kier molecular flexibility index (Phi) is 3.11. The molecule has 0 unspecified atom stereocenters. The number of aromatic hydroxyl groups is 1. The van der Waals surface area contributed by atoms with Gasteiger partial charge in [0, 0.05) is 6.07 Å². The summed E-state index contributed by atoms with van der Waals surface area (Å²) in [6, 6.07) is 7.45. The van der Waals surface area contributed by atoms with Gasteiger partial charge in [-0.15, -0.1) is 0 Å². The number of hydrogen-bond donors (Lipinski definition) is 2. The van der Waals surface area contributed by atoms with Crippen molar-refractivity contribution in [2.45, 2.75) is 13.8 Å². The van der Waals surface area contributed by atoms with Crippen LogP contribution in [0, 0.1) is 0 Å². The average molecular weight is 166 g/mol. The SMILES string of the molecule is CC[NH+](CC)c1cccc(O)c1. The second-order valence-corrected chi connectivity index (χ2v) is 2.86. The van der Waals surface area contributed by atoms with Crippen molar-refractivity contribution in [3.8, 4) is 5.75 Å². The number of phenols is 1. The fourth-order valence-corrected chi connectivity index (χ4v) is 1.38. The second kappa shape index (κ2) is 4.12. The maximum Gasteiger partial charge on any atom is 0.134 e. The maximum absolute atomic E-state index is 9.24. The molecule has 0 aliphatic rings. The quantitative estimate of drug-likeness (QED) is 0.686. The first kappa shape index (κ1) is 9.07. The van der Waals surface area contributed by atoms with E-state index in [1.165, 1.54) is 10.6 Å². The molecular formula is C10H16NO+. The van der Waals surface area contributed by atoms with E-state index in [1.807, 2.05) is 18.2 Å². The van der Waals surface area contributed by atoms with Crippen LogP contribution in [0.1, 0.15) is 13.8 Å². The summed E-state index contributed by atoms with van der Waals surface area (Å²) in [6.07, 6.45) is 0. The van der Waals surface area contributed by atoms with Crippen molar-refractivity contribution in [1.82, 2.24) is 0 Å². The highest BCUT2D eigenvalue weighted by Gasteiger charge is 2.06. The maximum atomic E-state index is 9.24. The fourth-order valence-electron chi connectivity index (χ4n) is 1.38. The lowest BCUT2D eigenvalue weighted by Gasteiger charge is -2.14.